The Morgan fingerprint density at radius 2 is 2.50 bits per heavy atom. The zero-order valence-corrected chi connectivity index (χ0v) is 5.66. The Morgan fingerprint density at radius 1 is 1.60 bits per heavy atom. The lowest BCUT2D eigenvalue weighted by Crippen LogP contribution is -2.11. The first-order valence-corrected chi connectivity index (χ1v) is 3.61. The summed E-state index contributed by atoms with van der Waals surface area (Å²) in [6.45, 7) is 0. The summed E-state index contributed by atoms with van der Waals surface area (Å²) < 4.78 is 5.48. The minimum atomic E-state index is 0.254. The number of hydrogen-bond acceptors (Lipinski definition) is 2. The highest BCUT2D eigenvalue weighted by atomic mass is 16.5. The van der Waals surface area contributed by atoms with E-state index in [9.17, 15) is 0 Å². The molecule has 1 saturated heterocycles. The summed E-state index contributed by atoms with van der Waals surface area (Å²) in [6.07, 6.45) is 6.45. The molecule has 2 rings (SSSR count). The Kier molecular flexibility index (Phi) is 1.25. The van der Waals surface area contributed by atoms with Crippen LogP contribution in [0.25, 0.3) is 0 Å². The zero-order chi connectivity index (χ0) is 6.97. The van der Waals surface area contributed by atoms with Gasteiger partial charge in [0.05, 0.1) is 18.3 Å². The molecule has 0 aromatic carbocycles. The summed E-state index contributed by atoms with van der Waals surface area (Å²) >= 11 is 0. The molecule has 0 aliphatic carbocycles. The Bertz CT molecular complexity index is 204. The van der Waals surface area contributed by atoms with Gasteiger partial charge in [0.25, 0.3) is 0 Å². The van der Waals surface area contributed by atoms with E-state index in [2.05, 4.69) is 18.2 Å². The molecule has 2 bridgehead atoms. The maximum absolute atomic E-state index is 8.43. The average molecular weight is 135 g/mol. The number of nitriles is 1. The Morgan fingerprint density at radius 3 is 3.00 bits per heavy atom. The van der Waals surface area contributed by atoms with E-state index in [0.717, 1.165) is 6.42 Å². The summed E-state index contributed by atoms with van der Waals surface area (Å²) in [5.74, 6) is 0.472. The van der Waals surface area contributed by atoms with Crippen LogP contribution >= 0.6 is 0 Å². The van der Waals surface area contributed by atoms with Crippen LogP contribution in [0.4, 0.5) is 0 Å². The number of hydrogen-bond donors (Lipinski definition) is 0. The molecule has 1 fully saturated rings. The van der Waals surface area contributed by atoms with Crippen molar-refractivity contribution in [3.63, 3.8) is 0 Å². The van der Waals surface area contributed by atoms with Crippen LogP contribution in [0.15, 0.2) is 12.2 Å². The number of fused-ring (bicyclic) bond motifs is 2. The fourth-order valence-electron chi connectivity index (χ4n) is 1.68. The molecule has 2 nitrogen and oxygen atoms in total. The van der Waals surface area contributed by atoms with Gasteiger partial charge in [0.15, 0.2) is 0 Å². The molecule has 0 radical (unpaired) electrons. The molecule has 2 aliphatic rings. The standard InChI is InChI=1S/C8H9NO/c9-4-3-6-5-7-1-2-8(6)10-7/h1-2,6-8H,3,5H2. The van der Waals surface area contributed by atoms with Crippen molar-refractivity contribution in [1.29, 1.82) is 5.26 Å². The first-order chi connectivity index (χ1) is 4.90. The Hall–Kier alpha value is -0.810. The van der Waals surface area contributed by atoms with E-state index in [-0.39, 0.29) is 6.10 Å². The van der Waals surface area contributed by atoms with E-state index < -0.39 is 0 Å². The summed E-state index contributed by atoms with van der Waals surface area (Å²) in [7, 11) is 0. The summed E-state index contributed by atoms with van der Waals surface area (Å²) in [5.41, 5.74) is 0. The first kappa shape index (κ1) is 5.94. The van der Waals surface area contributed by atoms with Gasteiger partial charge in [0.1, 0.15) is 0 Å². The van der Waals surface area contributed by atoms with Crippen molar-refractivity contribution in [2.45, 2.75) is 25.0 Å². The second-order valence-electron chi connectivity index (χ2n) is 2.88. The van der Waals surface area contributed by atoms with Gasteiger partial charge in [-0.25, -0.2) is 0 Å². The Labute approximate surface area is 60.1 Å². The molecule has 2 aliphatic heterocycles. The van der Waals surface area contributed by atoms with Crippen molar-refractivity contribution in [1.82, 2.24) is 0 Å². The topological polar surface area (TPSA) is 33.0 Å². The molecule has 2 heteroatoms. The smallest absolute Gasteiger partial charge is 0.0803 e. The predicted molar refractivity (Wildman–Crippen MR) is 36.1 cm³/mol. The second kappa shape index (κ2) is 2.10. The second-order valence-corrected chi connectivity index (χ2v) is 2.88. The monoisotopic (exact) mass is 135 g/mol. The van der Waals surface area contributed by atoms with Crippen LogP contribution in [0.2, 0.25) is 0 Å². The molecule has 0 aromatic heterocycles. The van der Waals surface area contributed by atoms with E-state index in [1.807, 2.05) is 0 Å². The third-order valence-corrected chi connectivity index (χ3v) is 2.20. The van der Waals surface area contributed by atoms with Gasteiger partial charge >= 0.3 is 0 Å². The van der Waals surface area contributed by atoms with Crippen molar-refractivity contribution in [3.05, 3.63) is 12.2 Å². The largest absolute Gasteiger partial charge is 0.367 e. The lowest BCUT2D eigenvalue weighted by atomic mass is 9.92. The third-order valence-electron chi connectivity index (χ3n) is 2.20. The van der Waals surface area contributed by atoms with Crippen molar-refractivity contribution in [2.24, 2.45) is 5.92 Å². The number of rotatable bonds is 1. The van der Waals surface area contributed by atoms with E-state index in [1.165, 1.54) is 0 Å². The fourth-order valence-corrected chi connectivity index (χ4v) is 1.68. The third kappa shape index (κ3) is 0.748. The van der Waals surface area contributed by atoms with Crippen LogP contribution in [0.3, 0.4) is 0 Å². The van der Waals surface area contributed by atoms with Gasteiger partial charge in [-0.2, -0.15) is 5.26 Å². The molecular weight excluding hydrogens is 126 g/mol. The molecule has 0 aromatic rings. The predicted octanol–water partition coefficient (Wildman–Crippen LogP) is 1.24. The molecule has 2 heterocycles. The first-order valence-electron chi connectivity index (χ1n) is 3.61. The fraction of sp³-hybridized carbons (Fsp3) is 0.625. The molecule has 0 saturated carbocycles. The van der Waals surface area contributed by atoms with Gasteiger partial charge in [0, 0.05) is 12.3 Å². The van der Waals surface area contributed by atoms with Crippen LogP contribution in [-0.2, 0) is 4.74 Å². The normalized spacial score (nSPS) is 42.1. The van der Waals surface area contributed by atoms with Gasteiger partial charge in [-0.05, 0) is 6.42 Å². The summed E-state index contributed by atoms with van der Waals surface area (Å²) in [6, 6.07) is 2.18. The van der Waals surface area contributed by atoms with Crippen molar-refractivity contribution < 1.29 is 4.74 Å². The highest BCUT2D eigenvalue weighted by Crippen LogP contribution is 2.35. The molecule has 0 amide bonds. The minimum absolute atomic E-state index is 0.254. The van der Waals surface area contributed by atoms with Crippen LogP contribution in [0.5, 0.6) is 0 Å². The van der Waals surface area contributed by atoms with Gasteiger partial charge in [-0.1, -0.05) is 12.2 Å². The minimum Gasteiger partial charge on any atom is -0.367 e. The van der Waals surface area contributed by atoms with Gasteiger partial charge in [-0.3, -0.25) is 0 Å². The van der Waals surface area contributed by atoms with Crippen molar-refractivity contribution in [2.75, 3.05) is 0 Å². The van der Waals surface area contributed by atoms with E-state index in [0.29, 0.717) is 18.4 Å². The maximum Gasteiger partial charge on any atom is 0.0803 e. The van der Waals surface area contributed by atoms with Gasteiger partial charge < -0.3 is 4.74 Å². The molecule has 52 valence electrons. The van der Waals surface area contributed by atoms with E-state index >= 15 is 0 Å². The Balaban J connectivity index is 2.04. The number of ether oxygens (including phenoxy) is 1. The molecule has 10 heavy (non-hydrogen) atoms. The van der Waals surface area contributed by atoms with Crippen molar-refractivity contribution >= 4 is 0 Å². The SMILES string of the molecule is N#CCC1CC2C=CC1O2. The molecule has 0 N–H and O–H groups in total. The van der Waals surface area contributed by atoms with E-state index in [1.54, 1.807) is 0 Å². The van der Waals surface area contributed by atoms with Crippen LogP contribution in [-0.4, -0.2) is 12.2 Å². The van der Waals surface area contributed by atoms with Gasteiger partial charge in [0.2, 0.25) is 0 Å². The summed E-state index contributed by atoms with van der Waals surface area (Å²) in [5, 5.41) is 8.43. The zero-order valence-electron chi connectivity index (χ0n) is 5.66. The number of nitrogens with zero attached hydrogens (tertiary/aromatic N) is 1. The molecule has 3 unspecified atom stereocenters. The van der Waals surface area contributed by atoms with Crippen molar-refractivity contribution in [3.8, 4) is 6.07 Å². The van der Waals surface area contributed by atoms with Crippen LogP contribution in [0.1, 0.15) is 12.8 Å². The molecule has 0 spiro atoms. The average Bonchev–Trinajstić information content (AvgIpc) is 2.48. The lowest BCUT2D eigenvalue weighted by molar-refractivity contribution is 0.109. The maximum atomic E-state index is 8.43. The van der Waals surface area contributed by atoms with E-state index in [4.69, 9.17) is 10.00 Å². The van der Waals surface area contributed by atoms with Crippen LogP contribution in [0, 0.1) is 17.2 Å². The highest BCUT2D eigenvalue weighted by molar-refractivity contribution is 5.11. The highest BCUT2D eigenvalue weighted by Gasteiger charge is 2.36. The molecule has 3 atom stereocenters. The summed E-state index contributed by atoms with van der Waals surface area (Å²) in [4.78, 5) is 0. The quantitative estimate of drug-likeness (QED) is 0.507. The lowest BCUT2D eigenvalue weighted by Gasteiger charge is -2.09. The van der Waals surface area contributed by atoms with Gasteiger partial charge in [-0.15, -0.1) is 0 Å². The van der Waals surface area contributed by atoms with Crippen LogP contribution < -0.4 is 0 Å². The molecular formula is C8H9NO.